The van der Waals surface area contributed by atoms with Gasteiger partial charge in [-0.2, -0.15) is 0 Å². The molecule has 0 aromatic carbocycles. The average molecular weight is 398 g/mol. The second-order valence-corrected chi connectivity index (χ2v) is 10.1. The van der Waals surface area contributed by atoms with Gasteiger partial charge in [0.05, 0.1) is 17.5 Å². The fraction of sp³-hybridized carbons (Fsp3) is 0.588. The monoisotopic (exact) mass is 397 g/mol. The van der Waals surface area contributed by atoms with Gasteiger partial charge in [-0.3, -0.25) is 14.2 Å². The Kier molecular flexibility index (Phi) is 5.76. The van der Waals surface area contributed by atoms with E-state index in [9.17, 15) is 18.0 Å². The first-order valence-corrected chi connectivity index (χ1v) is 11.7. The maximum Gasteiger partial charge on any atom is 0.262 e. The topological polar surface area (TPSA) is 98.1 Å². The molecule has 0 atom stereocenters. The number of aryl methyl sites for hydroxylation is 3. The molecule has 7 nitrogen and oxygen atoms in total. The Labute approximate surface area is 156 Å². The van der Waals surface area contributed by atoms with Crippen LogP contribution >= 0.6 is 11.3 Å². The summed E-state index contributed by atoms with van der Waals surface area (Å²) in [7, 11) is -3.01. The van der Waals surface area contributed by atoms with Crippen LogP contribution in [0.2, 0.25) is 0 Å². The second kappa shape index (κ2) is 7.87. The summed E-state index contributed by atoms with van der Waals surface area (Å²) in [6.07, 6.45) is 7.45. The van der Waals surface area contributed by atoms with Crippen molar-refractivity contribution in [2.24, 2.45) is 0 Å². The first kappa shape index (κ1) is 19.0. The number of thiophene rings is 1. The number of rotatable bonds is 7. The minimum atomic E-state index is -3.01. The predicted octanol–water partition coefficient (Wildman–Crippen LogP) is 1.28. The number of hydrogen-bond acceptors (Lipinski definition) is 6. The lowest BCUT2D eigenvalue weighted by Crippen LogP contribution is -2.29. The van der Waals surface area contributed by atoms with Crippen molar-refractivity contribution in [3.05, 3.63) is 27.1 Å². The highest BCUT2D eigenvalue weighted by atomic mass is 32.2. The average Bonchev–Trinajstić information content (AvgIpc) is 2.96. The third-order valence-corrected chi connectivity index (χ3v) is 6.77. The van der Waals surface area contributed by atoms with Crippen LogP contribution in [0.25, 0.3) is 10.2 Å². The SMILES string of the molecule is CS(=O)(=O)CCCNC(=O)CCn1cnc2sc3c(c2c1=O)CCCC3. The van der Waals surface area contributed by atoms with Crippen LogP contribution in [0.5, 0.6) is 0 Å². The smallest absolute Gasteiger partial charge is 0.262 e. The highest BCUT2D eigenvalue weighted by molar-refractivity contribution is 7.90. The molecule has 1 aliphatic rings. The molecular weight excluding hydrogens is 374 g/mol. The van der Waals surface area contributed by atoms with Crippen LogP contribution in [0.1, 0.15) is 36.1 Å². The molecule has 9 heteroatoms. The van der Waals surface area contributed by atoms with Crippen molar-refractivity contribution in [3.63, 3.8) is 0 Å². The minimum absolute atomic E-state index is 0.0522. The van der Waals surface area contributed by atoms with Crippen molar-refractivity contribution in [2.75, 3.05) is 18.6 Å². The molecule has 0 spiro atoms. The Bertz CT molecular complexity index is 976. The Hall–Kier alpha value is -1.74. The Morgan fingerprint density at radius 2 is 2.12 bits per heavy atom. The Morgan fingerprint density at radius 1 is 1.35 bits per heavy atom. The molecule has 3 rings (SSSR count). The number of amides is 1. The number of carbonyl (C=O) groups excluding carboxylic acids is 1. The molecule has 26 heavy (non-hydrogen) atoms. The maximum absolute atomic E-state index is 12.8. The highest BCUT2D eigenvalue weighted by Crippen LogP contribution is 2.33. The first-order chi connectivity index (χ1) is 12.3. The number of aromatic nitrogens is 2. The van der Waals surface area contributed by atoms with Gasteiger partial charge in [0.15, 0.2) is 0 Å². The van der Waals surface area contributed by atoms with Crippen molar-refractivity contribution in [1.29, 1.82) is 0 Å². The van der Waals surface area contributed by atoms with E-state index >= 15 is 0 Å². The standard InChI is InChI=1S/C17H23N3O4S2/c1-26(23,24)10-4-8-18-14(21)7-9-20-11-19-16-15(17(20)22)12-5-2-3-6-13(12)25-16/h11H,2-10H2,1H3,(H,18,21). The Morgan fingerprint density at radius 3 is 2.88 bits per heavy atom. The summed E-state index contributed by atoms with van der Waals surface area (Å²) in [5.74, 6) is -0.144. The molecule has 2 heterocycles. The van der Waals surface area contributed by atoms with E-state index in [2.05, 4.69) is 10.3 Å². The van der Waals surface area contributed by atoms with E-state index < -0.39 is 9.84 Å². The molecule has 2 aromatic heterocycles. The number of nitrogens with zero attached hydrogens (tertiary/aromatic N) is 2. The van der Waals surface area contributed by atoms with E-state index in [1.807, 2.05) is 0 Å². The van der Waals surface area contributed by atoms with Gasteiger partial charge >= 0.3 is 0 Å². The highest BCUT2D eigenvalue weighted by Gasteiger charge is 2.20. The van der Waals surface area contributed by atoms with Crippen molar-refractivity contribution < 1.29 is 13.2 Å². The fourth-order valence-corrected chi connectivity index (χ4v) is 5.10. The molecule has 2 aromatic rings. The molecule has 0 saturated carbocycles. The molecule has 0 fully saturated rings. The van der Waals surface area contributed by atoms with Crippen molar-refractivity contribution in [3.8, 4) is 0 Å². The van der Waals surface area contributed by atoms with Crippen LogP contribution in [-0.2, 0) is 34.0 Å². The van der Waals surface area contributed by atoms with Crippen LogP contribution in [0.3, 0.4) is 0 Å². The predicted molar refractivity (Wildman–Crippen MR) is 102 cm³/mol. The van der Waals surface area contributed by atoms with Crippen LogP contribution in [-0.4, -0.2) is 42.4 Å². The quantitative estimate of drug-likeness (QED) is 0.710. The molecule has 1 aliphatic carbocycles. The van der Waals surface area contributed by atoms with E-state index in [-0.39, 0.29) is 30.2 Å². The summed E-state index contributed by atoms with van der Waals surface area (Å²) in [6.45, 7) is 0.584. The number of hydrogen-bond donors (Lipinski definition) is 1. The van der Waals surface area contributed by atoms with Crippen LogP contribution in [0.4, 0.5) is 0 Å². The number of fused-ring (bicyclic) bond motifs is 3. The van der Waals surface area contributed by atoms with E-state index in [1.54, 1.807) is 11.3 Å². The number of sulfone groups is 1. The van der Waals surface area contributed by atoms with E-state index in [1.165, 1.54) is 22.0 Å². The maximum atomic E-state index is 12.8. The van der Waals surface area contributed by atoms with Crippen LogP contribution < -0.4 is 10.9 Å². The van der Waals surface area contributed by atoms with Gasteiger partial charge in [0.25, 0.3) is 5.56 Å². The second-order valence-electron chi connectivity index (χ2n) is 6.72. The van der Waals surface area contributed by atoms with Crippen LogP contribution in [0.15, 0.2) is 11.1 Å². The van der Waals surface area contributed by atoms with Crippen molar-refractivity contribution in [1.82, 2.24) is 14.9 Å². The molecule has 0 bridgehead atoms. The van der Waals surface area contributed by atoms with E-state index in [0.717, 1.165) is 41.5 Å². The molecule has 1 N–H and O–H groups in total. The molecule has 0 aliphatic heterocycles. The van der Waals surface area contributed by atoms with Gasteiger partial charge in [0.2, 0.25) is 5.91 Å². The minimum Gasteiger partial charge on any atom is -0.356 e. The first-order valence-electron chi connectivity index (χ1n) is 8.79. The summed E-state index contributed by atoms with van der Waals surface area (Å²) in [5.41, 5.74) is 1.08. The fourth-order valence-electron chi connectivity index (χ4n) is 3.21. The molecule has 142 valence electrons. The van der Waals surface area contributed by atoms with E-state index in [4.69, 9.17) is 0 Å². The summed E-state index contributed by atoms with van der Waals surface area (Å²) in [4.78, 5) is 31.2. The largest absolute Gasteiger partial charge is 0.356 e. The van der Waals surface area contributed by atoms with Crippen molar-refractivity contribution >= 4 is 37.3 Å². The summed E-state index contributed by atoms with van der Waals surface area (Å²) >= 11 is 1.61. The van der Waals surface area contributed by atoms with Crippen molar-refractivity contribution in [2.45, 2.75) is 45.1 Å². The van der Waals surface area contributed by atoms with Gasteiger partial charge < -0.3 is 5.32 Å². The summed E-state index contributed by atoms with van der Waals surface area (Å²) < 4.78 is 23.6. The van der Waals surface area contributed by atoms with Gasteiger partial charge in [0, 0.05) is 30.6 Å². The van der Waals surface area contributed by atoms with Gasteiger partial charge in [0.1, 0.15) is 14.7 Å². The third kappa shape index (κ3) is 4.50. The summed E-state index contributed by atoms with van der Waals surface area (Å²) in [5, 5.41) is 3.41. The molecular formula is C17H23N3O4S2. The molecule has 0 radical (unpaired) electrons. The van der Waals surface area contributed by atoms with Gasteiger partial charge in [-0.05, 0) is 37.7 Å². The zero-order chi connectivity index (χ0) is 18.7. The lowest BCUT2D eigenvalue weighted by atomic mass is 9.97. The zero-order valence-electron chi connectivity index (χ0n) is 14.8. The molecule has 0 unspecified atom stereocenters. The Balaban J connectivity index is 1.61. The van der Waals surface area contributed by atoms with Gasteiger partial charge in [-0.25, -0.2) is 13.4 Å². The molecule has 0 saturated heterocycles. The third-order valence-electron chi connectivity index (χ3n) is 4.54. The summed E-state index contributed by atoms with van der Waals surface area (Å²) in [6, 6.07) is 0. The normalized spacial score (nSPS) is 14.3. The number of nitrogens with one attached hydrogen (secondary N) is 1. The van der Waals surface area contributed by atoms with Gasteiger partial charge in [-0.15, -0.1) is 11.3 Å². The van der Waals surface area contributed by atoms with Gasteiger partial charge in [-0.1, -0.05) is 0 Å². The number of carbonyl (C=O) groups is 1. The molecule has 1 amide bonds. The zero-order valence-corrected chi connectivity index (χ0v) is 16.4. The van der Waals surface area contributed by atoms with Crippen LogP contribution in [0, 0.1) is 0 Å². The lowest BCUT2D eigenvalue weighted by Gasteiger charge is -2.10. The van der Waals surface area contributed by atoms with E-state index in [0.29, 0.717) is 13.0 Å². The lowest BCUT2D eigenvalue weighted by molar-refractivity contribution is -0.121.